The van der Waals surface area contributed by atoms with Gasteiger partial charge in [0.15, 0.2) is 11.5 Å². The predicted octanol–water partition coefficient (Wildman–Crippen LogP) is 4.91. The number of ether oxygens (including phenoxy) is 2. The molecule has 0 radical (unpaired) electrons. The summed E-state index contributed by atoms with van der Waals surface area (Å²) < 4.78 is 36.6. The third-order valence-electron chi connectivity index (χ3n) is 3.83. The SMILES string of the molecule is CCOc1ccccc1Oc1ccc(CNC(=O)c2cccnc2SC(F)F)cn1. The zero-order chi connectivity index (χ0) is 21.3. The molecular weight excluding hydrogens is 412 g/mol. The monoisotopic (exact) mass is 431 g/mol. The number of amides is 1. The van der Waals surface area contributed by atoms with Crippen molar-refractivity contribution in [3.05, 3.63) is 72.1 Å². The van der Waals surface area contributed by atoms with Gasteiger partial charge in [-0.1, -0.05) is 18.2 Å². The van der Waals surface area contributed by atoms with Gasteiger partial charge in [-0.3, -0.25) is 4.79 Å². The molecule has 9 heteroatoms. The van der Waals surface area contributed by atoms with Crippen LogP contribution in [0, 0.1) is 0 Å². The van der Waals surface area contributed by atoms with Crippen LogP contribution in [-0.4, -0.2) is 28.2 Å². The third-order valence-corrected chi connectivity index (χ3v) is 4.56. The Balaban J connectivity index is 1.61. The lowest BCUT2D eigenvalue weighted by Crippen LogP contribution is -2.23. The minimum Gasteiger partial charge on any atom is -0.490 e. The van der Waals surface area contributed by atoms with Crippen LogP contribution in [0.25, 0.3) is 0 Å². The normalized spacial score (nSPS) is 10.7. The van der Waals surface area contributed by atoms with Gasteiger partial charge in [0, 0.05) is 25.0 Å². The van der Waals surface area contributed by atoms with Gasteiger partial charge >= 0.3 is 0 Å². The molecule has 0 aliphatic heterocycles. The van der Waals surface area contributed by atoms with Gasteiger partial charge in [0.25, 0.3) is 11.7 Å². The Hall–Kier alpha value is -3.20. The Bertz CT molecular complexity index is 987. The van der Waals surface area contributed by atoms with Crippen molar-refractivity contribution in [2.24, 2.45) is 0 Å². The Morgan fingerprint density at radius 1 is 1.10 bits per heavy atom. The Kier molecular flexibility index (Phi) is 7.56. The fraction of sp³-hybridized carbons (Fsp3) is 0.190. The molecule has 0 aliphatic rings. The van der Waals surface area contributed by atoms with Crippen LogP contribution in [0.3, 0.4) is 0 Å². The average molecular weight is 431 g/mol. The van der Waals surface area contributed by atoms with E-state index in [1.165, 1.54) is 18.3 Å². The maximum Gasteiger partial charge on any atom is 0.290 e. The summed E-state index contributed by atoms with van der Waals surface area (Å²) in [5.41, 5.74) is 0.823. The molecule has 0 unspecified atom stereocenters. The number of nitrogens with one attached hydrogen (secondary N) is 1. The van der Waals surface area contributed by atoms with Crippen molar-refractivity contribution in [2.75, 3.05) is 6.61 Å². The first-order valence-electron chi connectivity index (χ1n) is 9.09. The highest BCUT2D eigenvalue weighted by Crippen LogP contribution is 2.30. The van der Waals surface area contributed by atoms with Crippen LogP contribution in [0.2, 0.25) is 0 Å². The van der Waals surface area contributed by atoms with Crippen LogP contribution >= 0.6 is 11.8 Å². The summed E-state index contributed by atoms with van der Waals surface area (Å²) in [4.78, 5) is 20.4. The molecule has 6 nitrogen and oxygen atoms in total. The summed E-state index contributed by atoms with van der Waals surface area (Å²) in [6.07, 6.45) is 2.94. The van der Waals surface area contributed by atoms with E-state index < -0.39 is 11.7 Å². The average Bonchev–Trinajstić information content (AvgIpc) is 2.74. The topological polar surface area (TPSA) is 73.3 Å². The quantitative estimate of drug-likeness (QED) is 0.485. The van der Waals surface area contributed by atoms with Gasteiger partial charge in [0.05, 0.1) is 12.2 Å². The number of halogens is 2. The first-order chi connectivity index (χ1) is 14.6. The Labute approximate surface area is 176 Å². The minimum absolute atomic E-state index is 0.0140. The van der Waals surface area contributed by atoms with Crippen LogP contribution in [-0.2, 0) is 6.54 Å². The first-order valence-corrected chi connectivity index (χ1v) is 9.97. The van der Waals surface area contributed by atoms with Crippen LogP contribution in [0.1, 0.15) is 22.8 Å². The molecule has 0 bridgehead atoms. The summed E-state index contributed by atoms with van der Waals surface area (Å²) in [5, 5.41) is 2.67. The molecule has 0 fully saturated rings. The van der Waals surface area contributed by atoms with Crippen molar-refractivity contribution in [2.45, 2.75) is 24.3 Å². The number of aromatic nitrogens is 2. The van der Waals surface area contributed by atoms with Gasteiger partial charge in [-0.15, -0.1) is 0 Å². The predicted molar refractivity (Wildman–Crippen MR) is 109 cm³/mol. The van der Waals surface area contributed by atoms with Gasteiger partial charge in [0.1, 0.15) is 5.03 Å². The summed E-state index contributed by atoms with van der Waals surface area (Å²) >= 11 is 0.238. The van der Waals surface area contributed by atoms with Crippen molar-refractivity contribution < 1.29 is 23.0 Å². The smallest absolute Gasteiger partial charge is 0.290 e. The van der Waals surface area contributed by atoms with Crippen LogP contribution in [0.5, 0.6) is 17.4 Å². The van der Waals surface area contributed by atoms with Gasteiger partial charge in [-0.2, -0.15) is 8.78 Å². The van der Waals surface area contributed by atoms with E-state index in [1.807, 2.05) is 25.1 Å². The molecule has 1 amide bonds. The molecule has 156 valence electrons. The van der Waals surface area contributed by atoms with E-state index in [2.05, 4.69) is 15.3 Å². The summed E-state index contributed by atoms with van der Waals surface area (Å²) in [5.74, 6) is -1.60. The van der Waals surface area contributed by atoms with Crippen LogP contribution < -0.4 is 14.8 Å². The number of benzene rings is 1. The molecule has 3 aromatic rings. The number of alkyl halides is 2. The van der Waals surface area contributed by atoms with E-state index in [1.54, 1.807) is 24.4 Å². The number of carbonyl (C=O) groups is 1. The zero-order valence-electron chi connectivity index (χ0n) is 16.0. The van der Waals surface area contributed by atoms with Gasteiger partial charge < -0.3 is 14.8 Å². The molecule has 0 saturated heterocycles. The lowest BCUT2D eigenvalue weighted by atomic mass is 10.2. The molecule has 0 saturated carbocycles. The molecule has 0 spiro atoms. The second kappa shape index (κ2) is 10.5. The highest BCUT2D eigenvalue weighted by atomic mass is 32.2. The molecule has 1 N–H and O–H groups in total. The second-order valence-corrected chi connectivity index (χ2v) is 6.88. The molecule has 2 heterocycles. The lowest BCUT2D eigenvalue weighted by Gasteiger charge is -2.11. The largest absolute Gasteiger partial charge is 0.490 e. The van der Waals surface area contributed by atoms with Gasteiger partial charge in [0.2, 0.25) is 5.88 Å². The molecular formula is C21H19F2N3O3S. The summed E-state index contributed by atoms with van der Waals surface area (Å²) in [7, 11) is 0. The van der Waals surface area contributed by atoms with Crippen molar-refractivity contribution >= 4 is 17.7 Å². The second-order valence-electron chi connectivity index (χ2n) is 5.90. The third kappa shape index (κ3) is 5.90. The Morgan fingerprint density at radius 2 is 1.90 bits per heavy atom. The maximum absolute atomic E-state index is 12.6. The summed E-state index contributed by atoms with van der Waals surface area (Å²) in [6.45, 7) is 2.58. The molecule has 0 aliphatic carbocycles. The van der Waals surface area contributed by atoms with Crippen LogP contribution in [0.15, 0.2) is 66.0 Å². The zero-order valence-corrected chi connectivity index (χ0v) is 16.9. The standard InChI is InChI=1S/C21H19F2N3O3S/c1-2-28-16-7-3-4-8-17(16)29-18-10-9-14(12-25-18)13-26-19(27)15-6-5-11-24-20(15)30-21(22)23/h3-12,21H,2,13H2,1H3,(H,26,27). The Morgan fingerprint density at radius 3 is 2.60 bits per heavy atom. The van der Waals surface area contributed by atoms with Gasteiger partial charge in [-0.05, 0) is 48.5 Å². The minimum atomic E-state index is -2.66. The van der Waals surface area contributed by atoms with E-state index in [-0.39, 0.29) is 28.9 Å². The fourth-order valence-electron chi connectivity index (χ4n) is 2.52. The van der Waals surface area contributed by atoms with Crippen molar-refractivity contribution in [3.8, 4) is 17.4 Å². The van der Waals surface area contributed by atoms with E-state index in [4.69, 9.17) is 9.47 Å². The highest BCUT2D eigenvalue weighted by molar-refractivity contribution is 7.99. The number of rotatable bonds is 9. The molecule has 1 aromatic carbocycles. The number of nitrogens with zero attached hydrogens (tertiary/aromatic N) is 2. The number of carbonyl (C=O) groups excluding carboxylic acids is 1. The number of hydrogen-bond acceptors (Lipinski definition) is 6. The number of pyridine rings is 2. The first kappa shape index (κ1) is 21.5. The van der Waals surface area contributed by atoms with Crippen LogP contribution in [0.4, 0.5) is 8.78 Å². The lowest BCUT2D eigenvalue weighted by molar-refractivity contribution is 0.0947. The molecule has 2 aromatic heterocycles. The van der Waals surface area contributed by atoms with E-state index >= 15 is 0 Å². The van der Waals surface area contributed by atoms with Crippen molar-refractivity contribution in [1.82, 2.24) is 15.3 Å². The van der Waals surface area contributed by atoms with Crippen molar-refractivity contribution in [3.63, 3.8) is 0 Å². The van der Waals surface area contributed by atoms with Crippen molar-refractivity contribution in [1.29, 1.82) is 0 Å². The summed E-state index contributed by atoms with van der Waals surface area (Å²) in [6, 6.07) is 13.7. The number of para-hydroxylation sites is 2. The molecule has 0 atom stereocenters. The highest BCUT2D eigenvalue weighted by Gasteiger charge is 2.16. The maximum atomic E-state index is 12.6. The molecule has 3 rings (SSSR count). The van der Waals surface area contributed by atoms with E-state index in [0.29, 0.717) is 24.0 Å². The number of thioether (sulfide) groups is 1. The molecule has 30 heavy (non-hydrogen) atoms. The fourth-order valence-corrected chi connectivity index (χ4v) is 3.10. The number of hydrogen-bond donors (Lipinski definition) is 1. The van der Waals surface area contributed by atoms with E-state index in [9.17, 15) is 13.6 Å². The van der Waals surface area contributed by atoms with E-state index in [0.717, 1.165) is 5.56 Å². The van der Waals surface area contributed by atoms with Gasteiger partial charge in [-0.25, -0.2) is 9.97 Å².